The highest BCUT2D eigenvalue weighted by Gasteiger charge is 2.34. The maximum absolute atomic E-state index is 12.9. The number of nitrogens with one attached hydrogen (secondary N) is 1. The summed E-state index contributed by atoms with van der Waals surface area (Å²) < 4.78 is 43.1. The highest BCUT2D eigenvalue weighted by molar-refractivity contribution is 7.18. The molecule has 1 N–H and O–H groups in total. The molecular formula is C14H10F3NO3S. The Morgan fingerprint density at radius 3 is 2.45 bits per heavy atom. The van der Waals surface area contributed by atoms with Gasteiger partial charge in [0.25, 0.3) is 5.91 Å². The Bertz CT molecular complexity index is 709. The van der Waals surface area contributed by atoms with Gasteiger partial charge in [0.1, 0.15) is 4.88 Å². The van der Waals surface area contributed by atoms with Gasteiger partial charge in [-0.05, 0) is 24.3 Å². The molecule has 0 atom stereocenters. The molecule has 0 radical (unpaired) electrons. The van der Waals surface area contributed by atoms with Gasteiger partial charge in [-0.25, -0.2) is 4.79 Å². The quantitative estimate of drug-likeness (QED) is 0.871. The SMILES string of the molecule is COC(=O)c1ccc(NC(=O)c2ccccc2C(F)(F)F)s1. The normalized spacial score (nSPS) is 11.1. The average Bonchev–Trinajstić information content (AvgIpc) is 2.94. The number of rotatable bonds is 3. The number of esters is 1. The number of thiophene rings is 1. The second-order valence-corrected chi connectivity index (χ2v) is 5.24. The van der Waals surface area contributed by atoms with Crippen molar-refractivity contribution in [3.05, 3.63) is 52.4 Å². The minimum absolute atomic E-state index is 0.238. The third kappa shape index (κ3) is 3.45. The lowest BCUT2D eigenvalue weighted by atomic mass is 10.1. The van der Waals surface area contributed by atoms with E-state index in [1.54, 1.807) is 0 Å². The van der Waals surface area contributed by atoms with Crippen molar-refractivity contribution in [1.29, 1.82) is 0 Å². The Kier molecular flexibility index (Phi) is 4.51. The molecule has 0 aliphatic carbocycles. The first-order valence-corrected chi connectivity index (χ1v) is 6.80. The van der Waals surface area contributed by atoms with Gasteiger partial charge in [-0.2, -0.15) is 13.2 Å². The van der Waals surface area contributed by atoms with Gasteiger partial charge in [0, 0.05) is 0 Å². The van der Waals surface area contributed by atoms with E-state index in [0.29, 0.717) is 0 Å². The van der Waals surface area contributed by atoms with Crippen LogP contribution in [0.4, 0.5) is 18.2 Å². The fourth-order valence-corrected chi connectivity index (χ4v) is 2.54. The molecule has 116 valence electrons. The van der Waals surface area contributed by atoms with Crippen LogP contribution in [0.15, 0.2) is 36.4 Å². The van der Waals surface area contributed by atoms with Crippen molar-refractivity contribution in [3.8, 4) is 0 Å². The van der Waals surface area contributed by atoms with Gasteiger partial charge in [0.2, 0.25) is 0 Å². The van der Waals surface area contributed by atoms with Gasteiger partial charge < -0.3 is 10.1 Å². The molecule has 1 aromatic heterocycles. The van der Waals surface area contributed by atoms with Crippen LogP contribution >= 0.6 is 11.3 Å². The molecule has 2 aromatic rings. The lowest BCUT2D eigenvalue weighted by Crippen LogP contribution is -2.18. The molecule has 1 heterocycles. The zero-order valence-corrected chi connectivity index (χ0v) is 12.0. The average molecular weight is 329 g/mol. The summed E-state index contributed by atoms with van der Waals surface area (Å²) in [4.78, 5) is 23.5. The van der Waals surface area contributed by atoms with Crippen LogP contribution in [-0.2, 0) is 10.9 Å². The largest absolute Gasteiger partial charge is 0.465 e. The van der Waals surface area contributed by atoms with E-state index < -0.39 is 29.2 Å². The summed E-state index contributed by atoms with van der Waals surface area (Å²) in [6.07, 6.45) is -4.62. The minimum Gasteiger partial charge on any atom is -0.465 e. The van der Waals surface area contributed by atoms with Crippen LogP contribution in [0, 0.1) is 0 Å². The van der Waals surface area contributed by atoms with Crippen molar-refractivity contribution in [2.75, 3.05) is 12.4 Å². The first-order valence-electron chi connectivity index (χ1n) is 5.98. The third-order valence-electron chi connectivity index (χ3n) is 2.71. The van der Waals surface area contributed by atoms with Gasteiger partial charge in [-0.1, -0.05) is 12.1 Å². The zero-order valence-electron chi connectivity index (χ0n) is 11.2. The maximum Gasteiger partial charge on any atom is 0.417 e. The standard InChI is InChI=1S/C14H10F3NO3S/c1-21-13(20)10-6-7-11(22-10)18-12(19)8-4-2-3-5-9(8)14(15,16)17/h2-7H,1H3,(H,18,19). The molecule has 4 nitrogen and oxygen atoms in total. The Hall–Kier alpha value is -2.35. The summed E-state index contributed by atoms with van der Waals surface area (Å²) in [5, 5.41) is 2.59. The van der Waals surface area contributed by atoms with Gasteiger partial charge >= 0.3 is 12.1 Å². The number of carbonyl (C=O) groups excluding carboxylic acids is 2. The summed E-state index contributed by atoms with van der Waals surface area (Å²) >= 11 is 0.914. The van der Waals surface area contributed by atoms with Gasteiger partial charge in [-0.3, -0.25) is 4.79 Å². The number of hydrogen-bond donors (Lipinski definition) is 1. The monoisotopic (exact) mass is 329 g/mol. The van der Waals surface area contributed by atoms with Crippen molar-refractivity contribution in [3.63, 3.8) is 0 Å². The van der Waals surface area contributed by atoms with Crippen LogP contribution in [0.1, 0.15) is 25.6 Å². The smallest absolute Gasteiger partial charge is 0.417 e. The molecule has 8 heteroatoms. The van der Waals surface area contributed by atoms with Gasteiger partial charge in [0.15, 0.2) is 0 Å². The van der Waals surface area contributed by atoms with E-state index in [0.717, 1.165) is 23.5 Å². The summed E-state index contributed by atoms with van der Waals surface area (Å²) in [6, 6.07) is 7.32. The molecule has 0 spiro atoms. The first-order chi connectivity index (χ1) is 10.3. The van der Waals surface area contributed by atoms with Crippen LogP contribution in [0.5, 0.6) is 0 Å². The molecule has 0 fully saturated rings. The summed E-state index contributed by atoms with van der Waals surface area (Å²) in [6.45, 7) is 0. The molecule has 1 aromatic carbocycles. The van der Waals surface area contributed by atoms with E-state index in [1.807, 2.05) is 0 Å². The summed E-state index contributed by atoms with van der Waals surface area (Å²) in [7, 11) is 1.21. The predicted molar refractivity (Wildman–Crippen MR) is 75.1 cm³/mol. The van der Waals surface area contributed by atoms with Crippen molar-refractivity contribution < 1.29 is 27.5 Å². The van der Waals surface area contributed by atoms with Crippen LogP contribution in [-0.4, -0.2) is 19.0 Å². The lowest BCUT2D eigenvalue weighted by Gasteiger charge is -2.11. The Labute approximate surface area is 127 Å². The van der Waals surface area contributed by atoms with Crippen LogP contribution in [0.25, 0.3) is 0 Å². The molecule has 0 bridgehead atoms. The second kappa shape index (κ2) is 6.18. The van der Waals surface area contributed by atoms with E-state index >= 15 is 0 Å². The summed E-state index contributed by atoms with van der Waals surface area (Å²) in [5.74, 6) is -1.48. The summed E-state index contributed by atoms with van der Waals surface area (Å²) in [5.41, 5.74) is -1.50. The Morgan fingerprint density at radius 2 is 1.82 bits per heavy atom. The van der Waals surface area contributed by atoms with E-state index in [1.165, 1.54) is 31.4 Å². The number of amides is 1. The van der Waals surface area contributed by atoms with E-state index in [2.05, 4.69) is 10.1 Å². The van der Waals surface area contributed by atoms with Gasteiger partial charge in [0.05, 0.1) is 23.2 Å². The highest BCUT2D eigenvalue weighted by Crippen LogP contribution is 2.32. The third-order valence-corrected chi connectivity index (χ3v) is 3.69. The van der Waals surface area contributed by atoms with Crippen molar-refractivity contribution in [2.45, 2.75) is 6.18 Å². The van der Waals surface area contributed by atoms with E-state index in [4.69, 9.17) is 0 Å². The Balaban J connectivity index is 2.23. The number of benzene rings is 1. The number of alkyl halides is 3. The van der Waals surface area contributed by atoms with Crippen molar-refractivity contribution in [1.82, 2.24) is 0 Å². The lowest BCUT2D eigenvalue weighted by molar-refractivity contribution is -0.137. The molecule has 1 amide bonds. The molecule has 0 unspecified atom stereocenters. The molecule has 0 saturated carbocycles. The van der Waals surface area contributed by atoms with Crippen LogP contribution < -0.4 is 5.32 Å². The zero-order chi connectivity index (χ0) is 16.3. The van der Waals surface area contributed by atoms with E-state index in [-0.39, 0.29) is 9.88 Å². The number of halogens is 3. The fourth-order valence-electron chi connectivity index (χ4n) is 1.72. The number of anilines is 1. The molecule has 0 saturated heterocycles. The number of hydrogen-bond acceptors (Lipinski definition) is 4. The maximum atomic E-state index is 12.9. The Morgan fingerprint density at radius 1 is 1.14 bits per heavy atom. The number of carbonyl (C=O) groups is 2. The molecule has 22 heavy (non-hydrogen) atoms. The fraction of sp³-hybridized carbons (Fsp3) is 0.143. The number of ether oxygens (including phenoxy) is 1. The molecule has 0 aliphatic rings. The topological polar surface area (TPSA) is 55.4 Å². The predicted octanol–water partition coefficient (Wildman–Crippen LogP) is 3.81. The van der Waals surface area contributed by atoms with Crippen LogP contribution in [0.2, 0.25) is 0 Å². The van der Waals surface area contributed by atoms with Crippen molar-refractivity contribution >= 4 is 28.2 Å². The minimum atomic E-state index is -4.62. The van der Waals surface area contributed by atoms with Gasteiger partial charge in [-0.15, -0.1) is 11.3 Å². The van der Waals surface area contributed by atoms with E-state index in [9.17, 15) is 22.8 Å². The van der Waals surface area contributed by atoms with Crippen molar-refractivity contribution in [2.24, 2.45) is 0 Å². The molecule has 0 aliphatic heterocycles. The highest BCUT2D eigenvalue weighted by atomic mass is 32.1. The molecule has 2 rings (SSSR count). The second-order valence-electron chi connectivity index (χ2n) is 4.15. The number of methoxy groups -OCH3 is 1. The first kappa shape index (κ1) is 16.0. The van der Waals surface area contributed by atoms with Crippen LogP contribution in [0.3, 0.4) is 0 Å². The molecular weight excluding hydrogens is 319 g/mol.